The predicted octanol–water partition coefficient (Wildman–Crippen LogP) is 3.82. The fourth-order valence-electron chi connectivity index (χ4n) is 2.44. The Kier molecular flexibility index (Phi) is 4.59. The SMILES string of the molecule is CCC(CC)(c1ncc(-c2cc(C(C)(C)C)no2)o1)P(=O)(O)O. The number of nitrogens with zero attached hydrogens (tertiary/aromatic N) is 2. The molecule has 2 heterocycles. The highest BCUT2D eigenvalue weighted by Gasteiger charge is 2.49. The van der Waals surface area contributed by atoms with Crippen LogP contribution < -0.4 is 0 Å². The van der Waals surface area contributed by atoms with E-state index in [0.29, 0.717) is 11.5 Å². The third kappa shape index (κ3) is 3.13. The van der Waals surface area contributed by atoms with E-state index in [-0.39, 0.29) is 24.1 Å². The lowest BCUT2D eigenvalue weighted by atomic mass is 9.92. The van der Waals surface area contributed by atoms with Gasteiger partial charge >= 0.3 is 7.60 Å². The Labute approximate surface area is 135 Å². The summed E-state index contributed by atoms with van der Waals surface area (Å²) in [5.41, 5.74) is 0.588. The summed E-state index contributed by atoms with van der Waals surface area (Å²) in [5, 5.41) is 2.59. The first-order valence-electron chi connectivity index (χ1n) is 7.54. The van der Waals surface area contributed by atoms with Gasteiger partial charge in [-0.2, -0.15) is 0 Å². The molecule has 2 N–H and O–H groups in total. The van der Waals surface area contributed by atoms with Gasteiger partial charge in [0, 0.05) is 11.5 Å². The van der Waals surface area contributed by atoms with Gasteiger partial charge in [-0.1, -0.05) is 39.8 Å². The summed E-state index contributed by atoms with van der Waals surface area (Å²) in [7, 11) is -4.43. The van der Waals surface area contributed by atoms with Crippen molar-refractivity contribution in [1.82, 2.24) is 10.1 Å². The lowest BCUT2D eigenvalue weighted by molar-refractivity contribution is 0.284. The van der Waals surface area contributed by atoms with Gasteiger partial charge in [0.1, 0.15) is 5.16 Å². The van der Waals surface area contributed by atoms with Crippen molar-refractivity contribution in [3.8, 4) is 11.5 Å². The average Bonchev–Trinajstić information content (AvgIpc) is 3.07. The maximum Gasteiger partial charge on any atom is 0.340 e. The molecule has 0 amide bonds. The molecule has 0 fully saturated rings. The molecule has 0 spiro atoms. The van der Waals surface area contributed by atoms with Crippen LogP contribution in [0, 0.1) is 0 Å². The summed E-state index contributed by atoms with van der Waals surface area (Å²) in [5.74, 6) is 0.725. The topological polar surface area (TPSA) is 110 Å². The fraction of sp³-hybridized carbons (Fsp3) is 0.600. The van der Waals surface area contributed by atoms with Gasteiger partial charge in [0.2, 0.25) is 11.7 Å². The maximum atomic E-state index is 12.0. The predicted molar refractivity (Wildman–Crippen MR) is 85.0 cm³/mol. The zero-order valence-electron chi connectivity index (χ0n) is 14.0. The summed E-state index contributed by atoms with van der Waals surface area (Å²) in [6.07, 6.45) is 1.85. The van der Waals surface area contributed by atoms with E-state index in [2.05, 4.69) is 10.1 Å². The first kappa shape index (κ1) is 17.9. The third-order valence-corrected chi connectivity index (χ3v) is 6.09. The Bertz CT molecular complexity index is 718. The van der Waals surface area contributed by atoms with Crippen LogP contribution in [0.1, 0.15) is 59.0 Å². The molecule has 128 valence electrons. The Morgan fingerprint density at radius 1 is 1.17 bits per heavy atom. The molecule has 0 aliphatic carbocycles. The molecule has 8 heteroatoms. The molecule has 2 aromatic rings. The number of oxazole rings is 1. The van der Waals surface area contributed by atoms with Crippen LogP contribution in [0.4, 0.5) is 0 Å². The zero-order chi connectivity index (χ0) is 17.5. The zero-order valence-corrected chi connectivity index (χ0v) is 14.9. The summed E-state index contributed by atoms with van der Waals surface area (Å²) >= 11 is 0. The highest BCUT2D eigenvalue weighted by molar-refractivity contribution is 7.53. The van der Waals surface area contributed by atoms with Gasteiger partial charge in [0.05, 0.1) is 11.9 Å². The number of rotatable bonds is 5. The van der Waals surface area contributed by atoms with Crippen LogP contribution in [0.15, 0.2) is 21.2 Å². The lowest BCUT2D eigenvalue weighted by Crippen LogP contribution is -2.24. The van der Waals surface area contributed by atoms with E-state index in [1.807, 2.05) is 20.8 Å². The molecule has 0 saturated heterocycles. The van der Waals surface area contributed by atoms with Crippen molar-refractivity contribution in [2.45, 2.75) is 58.0 Å². The van der Waals surface area contributed by atoms with E-state index in [1.54, 1.807) is 19.9 Å². The summed E-state index contributed by atoms with van der Waals surface area (Å²) < 4.78 is 22.9. The van der Waals surface area contributed by atoms with E-state index in [9.17, 15) is 14.4 Å². The Hall–Kier alpha value is -1.43. The summed E-state index contributed by atoms with van der Waals surface area (Å²) in [6, 6.07) is 1.75. The highest BCUT2D eigenvalue weighted by atomic mass is 31.2. The lowest BCUT2D eigenvalue weighted by Gasteiger charge is -2.28. The van der Waals surface area contributed by atoms with Crippen molar-refractivity contribution in [3.63, 3.8) is 0 Å². The number of hydrogen-bond acceptors (Lipinski definition) is 5. The molecule has 2 aromatic heterocycles. The largest absolute Gasteiger partial charge is 0.436 e. The highest BCUT2D eigenvalue weighted by Crippen LogP contribution is 2.60. The van der Waals surface area contributed by atoms with Crippen molar-refractivity contribution in [3.05, 3.63) is 23.8 Å². The van der Waals surface area contributed by atoms with Gasteiger partial charge in [-0.15, -0.1) is 0 Å². The molecule has 7 nitrogen and oxygen atoms in total. The molecule has 0 radical (unpaired) electrons. The molecular weight excluding hydrogens is 319 g/mol. The number of aromatic nitrogens is 2. The molecule has 0 atom stereocenters. The van der Waals surface area contributed by atoms with Crippen LogP contribution in [-0.2, 0) is 15.1 Å². The monoisotopic (exact) mass is 342 g/mol. The fourth-order valence-corrected chi connectivity index (χ4v) is 3.61. The second kappa shape index (κ2) is 5.89. The quantitative estimate of drug-likeness (QED) is 0.795. The van der Waals surface area contributed by atoms with E-state index in [4.69, 9.17) is 8.94 Å². The van der Waals surface area contributed by atoms with Crippen molar-refractivity contribution in [2.24, 2.45) is 0 Å². The van der Waals surface area contributed by atoms with Gasteiger partial charge < -0.3 is 18.7 Å². The Morgan fingerprint density at radius 3 is 2.22 bits per heavy atom. The molecular formula is C15H23N2O5P. The Balaban J connectivity index is 2.44. The van der Waals surface area contributed by atoms with Crippen LogP contribution in [0.3, 0.4) is 0 Å². The molecule has 0 bridgehead atoms. The molecule has 0 aromatic carbocycles. The second-order valence-electron chi connectivity index (χ2n) is 6.64. The first-order valence-corrected chi connectivity index (χ1v) is 9.16. The van der Waals surface area contributed by atoms with E-state index in [1.165, 1.54) is 6.20 Å². The summed E-state index contributed by atoms with van der Waals surface area (Å²) in [4.78, 5) is 23.6. The normalized spacial score (nSPS) is 13.5. The van der Waals surface area contributed by atoms with Crippen LogP contribution in [-0.4, -0.2) is 19.9 Å². The van der Waals surface area contributed by atoms with Gasteiger partial charge in [0.25, 0.3) is 0 Å². The number of hydrogen-bond donors (Lipinski definition) is 2. The van der Waals surface area contributed by atoms with Gasteiger partial charge in [-0.25, -0.2) is 4.98 Å². The smallest absolute Gasteiger partial charge is 0.340 e. The maximum absolute atomic E-state index is 12.0. The minimum absolute atomic E-state index is 0.0274. The molecule has 0 aliphatic rings. The van der Waals surface area contributed by atoms with Gasteiger partial charge in [-0.3, -0.25) is 4.57 Å². The van der Waals surface area contributed by atoms with E-state index < -0.39 is 12.8 Å². The van der Waals surface area contributed by atoms with Gasteiger partial charge in [-0.05, 0) is 12.8 Å². The molecule has 0 saturated carbocycles. The van der Waals surface area contributed by atoms with E-state index in [0.717, 1.165) is 5.69 Å². The van der Waals surface area contributed by atoms with Crippen molar-refractivity contribution >= 4 is 7.60 Å². The molecule has 0 aliphatic heterocycles. The van der Waals surface area contributed by atoms with Crippen LogP contribution in [0.25, 0.3) is 11.5 Å². The standard InChI is InChI=1S/C15H23N2O5P/c1-6-15(7-2,23(18,19)20)13-16-9-11(21-13)10-8-12(17-22-10)14(3,4)5/h8-9H,6-7H2,1-5H3,(H2,18,19,20). The molecule has 2 rings (SSSR count). The molecule has 23 heavy (non-hydrogen) atoms. The van der Waals surface area contributed by atoms with Crippen molar-refractivity contribution < 1.29 is 23.3 Å². The minimum atomic E-state index is -4.43. The first-order chi connectivity index (χ1) is 10.5. The van der Waals surface area contributed by atoms with E-state index >= 15 is 0 Å². The van der Waals surface area contributed by atoms with Crippen molar-refractivity contribution in [2.75, 3.05) is 0 Å². The third-order valence-electron chi connectivity index (χ3n) is 4.15. The Morgan fingerprint density at radius 2 is 1.78 bits per heavy atom. The van der Waals surface area contributed by atoms with Crippen LogP contribution in [0.2, 0.25) is 0 Å². The van der Waals surface area contributed by atoms with Crippen LogP contribution >= 0.6 is 7.60 Å². The van der Waals surface area contributed by atoms with Crippen LogP contribution in [0.5, 0.6) is 0 Å². The average molecular weight is 342 g/mol. The summed E-state index contributed by atoms with van der Waals surface area (Å²) in [6.45, 7) is 9.44. The second-order valence-corrected chi connectivity index (χ2v) is 8.58. The minimum Gasteiger partial charge on any atom is -0.436 e. The molecule has 0 unspecified atom stereocenters. The van der Waals surface area contributed by atoms with Gasteiger partial charge in [0.15, 0.2) is 5.76 Å². The van der Waals surface area contributed by atoms with Crippen molar-refractivity contribution in [1.29, 1.82) is 0 Å².